The number of phenolic OH excluding ortho intramolecular Hbond substituents is 1. The fourth-order valence-electron chi connectivity index (χ4n) is 13.8. The van der Waals surface area contributed by atoms with Crippen molar-refractivity contribution in [3.63, 3.8) is 0 Å². The third-order valence-electron chi connectivity index (χ3n) is 18.3. The lowest BCUT2D eigenvalue weighted by Gasteiger charge is -2.48. The Morgan fingerprint density at radius 1 is 0.988 bits per heavy atom. The second-order valence-electron chi connectivity index (χ2n) is 23.7. The maximum atomic E-state index is 17.3. The zero-order chi connectivity index (χ0) is 56.2. The van der Waals surface area contributed by atoms with Crippen molar-refractivity contribution in [1.82, 2.24) is 46.4 Å². The highest BCUT2D eigenvalue weighted by molar-refractivity contribution is 7.13. The highest BCUT2D eigenvalue weighted by atomic mass is 32.1. The van der Waals surface area contributed by atoms with E-state index in [9.17, 15) is 19.8 Å². The van der Waals surface area contributed by atoms with Crippen LogP contribution in [0.15, 0.2) is 76.9 Å². The van der Waals surface area contributed by atoms with Gasteiger partial charge in [0.05, 0.1) is 58.1 Å². The van der Waals surface area contributed by atoms with Crippen LogP contribution in [-0.2, 0) is 16.0 Å². The molecule has 5 aliphatic rings. The molecule has 9 heterocycles. The van der Waals surface area contributed by atoms with Crippen LogP contribution in [-0.4, -0.2) is 123 Å². The largest absolute Gasteiger partial charge is 0.508 e. The van der Waals surface area contributed by atoms with Gasteiger partial charge in [0.15, 0.2) is 17.4 Å². The van der Waals surface area contributed by atoms with Crippen LogP contribution in [0, 0.1) is 36.4 Å². The molecule has 7 aromatic rings. The molecule has 0 spiro atoms. The smallest absolute Gasteiger partial charge is 0.319 e. The molecule has 3 aromatic carbocycles. The number of carbonyl (C=O) groups is 2. The number of aromatic nitrogens is 5. The molecule has 12 rings (SSSR count). The quantitative estimate of drug-likeness (QED) is 0.0473. The first kappa shape index (κ1) is 54.9. The minimum absolute atomic E-state index is 0.0358. The lowest BCUT2D eigenvalue weighted by molar-refractivity contribution is -0.134. The Morgan fingerprint density at radius 2 is 1.79 bits per heavy atom. The van der Waals surface area contributed by atoms with Gasteiger partial charge in [0, 0.05) is 68.2 Å². The van der Waals surface area contributed by atoms with Crippen molar-refractivity contribution in [3.05, 3.63) is 101 Å². The number of ketones is 1. The summed E-state index contributed by atoms with van der Waals surface area (Å²) in [6, 6.07) is 19.1. The summed E-state index contributed by atoms with van der Waals surface area (Å²) in [5.41, 5.74) is 6.61. The highest BCUT2D eigenvalue weighted by Gasteiger charge is 2.48. The van der Waals surface area contributed by atoms with Gasteiger partial charge in [0.1, 0.15) is 28.5 Å². The maximum absolute atomic E-state index is 17.3. The Morgan fingerprint density at radius 3 is 2.52 bits per heavy atom. The van der Waals surface area contributed by atoms with E-state index in [0.29, 0.717) is 65.3 Å². The van der Waals surface area contributed by atoms with Crippen molar-refractivity contribution < 1.29 is 33.5 Å². The molecule has 426 valence electrons. The summed E-state index contributed by atoms with van der Waals surface area (Å²) in [6.45, 7) is 15.8. The molecular formula is C62H74FN11O6S. The molecule has 17 nitrogen and oxygen atoms in total. The SMILES string of the molecule is CCc1cccc2cc(O)cc(-c3ncc4c(N5CC6CCC(C5)N6)nc(OCCC5CC(C(C)C6CCN6c6cc(C(C(=O)C7C(O)CNC7C(=O)N[C@@H](C)c7ccc(-c8scnc8C)cc7)C(C)C)on6)CCN5)nc4c3F)c12. The number of aliphatic hydroxyl groups excluding tert-OH is 1. The van der Waals surface area contributed by atoms with Crippen LogP contribution in [0.25, 0.3) is 43.4 Å². The van der Waals surface area contributed by atoms with Crippen LogP contribution in [0.3, 0.4) is 0 Å². The van der Waals surface area contributed by atoms with Gasteiger partial charge in [-0.2, -0.15) is 9.97 Å². The summed E-state index contributed by atoms with van der Waals surface area (Å²) in [4.78, 5) is 53.0. The van der Waals surface area contributed by atoms with Crippen molar-refractivity contribution in [2.45, 2.75) is 135 Å². The number of carbonyl (C=O) groups excluding carboxylic acids is 2. The standard InChI is InChI=1S/C62H74FN11O6S/c1-7-36-9-8-10-40-24-44(75)25-45(52(36)40)55-54(63)56-46(27-65-55)60(73-29-42-15-16-43(30-73)69-42)71-62(70-56)79-22-19-41-23-39(17-20-64-41)33(4)47-18-21-74(47)50-26-49(80-72-50)51(32(2)3)58(77)53-48(76)28-66-57(53)61(78)68-34(5)37-11-13-38(14-12-37)59-35(6)67-31-81-59/h8-14,24-27,31-34,39,41-43,47-48,51,53,57,64,66,69,75-76H,7,15-23,28-30H2,1-6H3,(H,68,78)/t33?,34-,39?,41?,42?,43?,47?,48?,51?,53?,57?/m0/s1. The molecule has 0 saturated carbocycles. The number of piperazine rings is 1. The first-order valence-corrected chi connectivity index (χ1v) is 30.1. The monoisotopic (exact) mass is 1120 g/mol. The Balaban J connectivity index is 0.700. The van der Waals surface area contributed by atoms with Crippen molar-refractivity contribution in [1.29, 1.82) is 0 Å². The van der Waals surface area contributed by atoms with Crippen LogP contribution < -0.4 is 35.8 Å². The number of aliphatic hydroxyl groups is 1. The number of amides is 1. The molecule has 1 amide bonds. The molecule has 4 aromatic heterocycles. The predicted molar refractivity (Wildman–Crippen MR) is 312 cm³/mol. The Labute approximate surface area is 475 Å². The van der Waals surface area contributed by atoms with E-state index in [2.05, 4.69) is 55.1 Å². The van der Waals surface area contributed by atoms with E-state index in [1.807, 2.05) is 81.7 Å². The number of thiazole rings is 1. The first-order chi connectivity index (χ1) is 39.2. The number of ether oxygens (including phenoxy) is 1. The number of nitrogens with one attached hydrogen (secondary N) is 4. The van der Waals surface area contributed by atoms with Crippen LogP contribution in [0.4, 0.5) is 16.0 Å². The van der Waals surface area contributed by atoms with Gasteiger partial charge in [-0.1, -0.05) is 75.3 Å². The number of aromatic hydroxyl groups is 1. The number of phenols is 1. The van der Waals surface area contributed by atoms with Gasteiger partial charge in [-0.3, -0.25) is 14.6 Å². The molecule has 81 heavy (non-hydrogen) atoms. The number of hydrogen-bond acceptors (Lipinski definition) is 17. The van der Waals surface area contributed by atoms with E-state index < -0.39 is 29.8 Å². The molecule has 10 unspecified atom stereocenters. The molecule has 5 saturated heterocycles. The van der Waals surface area contributed by atoms with Crippen LogP contribution in [0.1, 0.15) is 108 Å². The van der Waals surface area contributed by atoms with Crippen molar-refractivity contribution in [3.8, 4) is 33.5 Å². The Kier molecular flexibility index (Phi) is 15.6. The zero-order valence-corrected chi connectivity index (χ0v) is 47.8. The van der Waals surface area contributed by atoms with E-state index in [-0.39, 0.29) is 65.2 Å². The number of piperidine rings is 1. The second-order valence-corrected chi connectivity index (χ2v) is 24.6. The summed E-state index contributed by atoms with van der Waals surface area (Å²) >= 11 is 1.59. The molecule has 5 fully saturated rings. The Bertz CT molecular complexity index is 3440. The maximum Gasteiger partial charge on any atom is 0.319 e. The number of nitrogens with zero attached hydrogens (tertiary/aromatic N) is 7. The van der Waals surface area contributed by atoms with Crippen LogP contribution >= 0.6 is 11.3 Å². The van der Waals surface area contributed by atoms with E-state index in [0.717, 1.165) is 103 Å². The summed E-state index contributed by atoms with van der Waals surface area (Å²) in [6.07, 6.45) is 7.19. The van der Waals surface area contributed by atoms with Gasteiger partial charge in [-0.15, -0.1) is 11.3 Å². The predicted octanol–water partition coefficient (Wildman–Crippen LogP) is 8.80. The van der Waals surface area contributed by atoms with E-state index in [4.69, 9.17) is 24.2 Å². The number of aryl methyl sites for hydroxylation is 2. The number of anilines is 2. The molecule has 19 heteroatoms. The normalized spacial score (nSPS) is 24.9. The number of rotatable bonds is 18. The summed E-state index contributed by atoms with van der Waals surface area (Å²) < 4.78 is 29.7. The van der Waals surface area contributed by atoms with Gasteiger partial charge >= 0.3 is 6.01 Å². The number of halogens is 1. The van der Waals surface area contributed by atoms with Crippen LogP contribution in [0.5, 0.6) is 11.8 Å². The molecule has 2 bridgehead atoms. The highest BCUT2D eigenvalue weighted by Crippen LogP contribution is 2.42. The third kappa shape index (κ3) is 10.8. The lowest BCUT2D eigenvalue weighted by Crippen LogP contribution is -2.54. The second kappa shape index (κ2) is 23.0. The molecule has 6 N–H and O–H groups in total. The summed E-state index contributed by atoms with van der Waals surface area (Å²) in [5.74, 6) is -0.518. The van der Waals surface area contributed by atoms with Crippen molar-refractivity contribution >= 4 is 56.3 Å². The third-order valence-corrected chi connectivity index (χ3v) is 19.3. The topological polar surface area (TPSA) is 216 Å². The average molecular weight is 1120 g/mol. The molecule has 0 aliphatic carbocycles. The number of fused-ring (bicyclic) bond motifs is 4. The van der Waals surface area contributed by atoms with Crippen molar-refractivity contribution in [2.24, 2.45) is 23.7 Å². The number of benzene rings is 3. The molecule has 0 radical (unpaired) electrons. The number of Topliss-reactive ketones (excluding diaryl/α,β-unsaturated/α-hetero) is 1. The lowest BCUT2D eigenvalue weighted by atomic mass is 9.75. The minimum Gasteiger partial charge on any atom is -0.508 e. The van der Waals surface area contributed by atoms with E-state index >= 15 is 4.39 Å². The number of β-amino-alcohol motifs (C(OH)–C–C–N with tert-alkyl or cyclic N) is 1. The number of pyridine rings is 1. The van der Waals surface area contributed by atoms with Gasteiger partial charge in [-0.05, 0) is 123 Å². The van der Waals surface area contributed by atoms with Crippen LogP contribution in [0.2, 0.25) is 0 Å². The summed E-state index contributed by atoms with van der Waals surface area (Å²) in [7, 11) is 0. The number of hydrogen-bond donors (Lipinski definition) is 6. The zero-order valence-electron chi connectivity index (χ0n) is 47.0. The van der Waals surface area contributed by atoms with Gasteiger partial charge in [0.25, 0.3) is 0 Å². The Hall–Kier alpha value is -6.64. The van der Waals surface area contributed by atoms with Gasteiger partial charge in [0.2, 0.25) is 5.91 Å². The first-order valence-electron chi connectivity index (χ1n) is 29.2. The molecule has 11 atom stereocenters. The molecular weight excluding hydrogens is 1050 g/mol. The average Bonchev–Trinajstić information content (AvgIpc) is 4.47. The molecule has 5 aliphatic heterocycles. The fraction of sp³-hybridized carbons (Fsp3) is 0.500. The minimum atomic E-state index is -1.04. The van der Waals surface area contributed by atoms with Crippen molar-refractivity contribution in [2.75, 3.05) is 49.1 Å². The van der Waals surface area contributed by atoms with Gasteiger partial charge < -0.3 is 50.5 Å². The van der Waals surface area contributed by atoms with E-state index in [1.165, 1.54) is 0 Å². The fourth-order valence-corrected chi connectivity index (χ4v) is 14.6. The summed E-state index contributed by atoms with van der Waals surface area (Å²) in [5, 5.41) is 42.5. The van der Waals surface area contributed by atoms with Gasteiger partial charge in [-0.25, -0.2) is 9.37 Å². The van der Waals surface area contributed by atoms with E-state index in [1.54, 1.807) is 29.7 Å².